The maximum absolute atomic E-state index is 13.7. The van der Waals surface area contributed by atoms with E-state index in [0.717, 1.165) is 11.0 Å². The van der Waals surface area contributed by atoms with Gasteiger partial charge in [-0.05, 0) is 56.3 Å². The van der Waals surface area contributed by atoms with Crippen molar-refractivity contribution < 1.29 is 27.9 Å². The van der Waals surface area contributed by atoms with E-state index in [2.05, 4.69) is 22.5 Å². The fourth-order valence-corrected chi connectivity index (χ4v) is 2.97. The predicted molar refractivity (Wildman–Crippen MR) is 123 cm³/mol. The van der Waals surface area contributed by atoms with Gasteiger partial charge in [-0.15, -0.1) is 0 Å². The molecule has 0 saturated heterocycles. The van der Waals surface area contributed by atoms with E-state index < -0.39 is 36.3 Å². The summed E-state index contributed by atoms with van der Waals surface area (Å²) in [6, 6.07) is 8.55. The highest BCUT2D eigenvalue weighted by molar-refractivity contribution is 5.95. The Bertz CT molecular complexity index is 1120. The lowest BCUT2D eigenvalue weighted by molar-refractivity contribution is -0.138. The number of urea groups is 1. The second-order valence-electron chi connectivity index (χ2n) is 7.39. The van der Waals surface area contributed by atoms with Crippen LogP contribution in [0.25, 0.3) is 0 Å². The second kappa shape index (κ2) is 11.1. The molecule has 0 heterocycles. The average Bonchev–Trinajstić information content (AvgIpc) is 2.75. The lowest BCUT2D eigenvalue weighted by Crippen LogP contribution is -2.45. The molecule has 0 fully saturated rings. The molecule has 0 aliphatic rings. The van der Waals surface area contributed by atoms with Gasteiger partial charge in [0.2, 0.25) is 0 Å². The summed E-state index contributed by atoms with van der Waals surface area (Å²) in [7, 11) is 0. The molecule has 0 saturated carbocycles. The molecule has 2 aromatic carbocycles. The number of amidine groups is 1. The summed E-state index contributed by atoms with van der Waals surface area (Å²) < 4.78 is 41.2. The molecule has 180 valence electrons. The van der Waals surface area contributed by atoms with Crippen molar-refractivity contribution in [1.29, 1.82) is 5.41 Å². The van der Waals surface area contributed by atoms with Gasteiger partial charge in [-0.2, -0.15) is 13.2 Å². The van der Waals surface area contributed by atoms with Gasteiger partial charge in [-0.3, -0.25) is 15.1 Å². The van der Waals surface area contributed by atoms with E-state index in [9.17, 15) is 22.8 Å². The topological polar surface area (TPSA) is 132 Å². The Morgan fingerprint density at radius 3 is 2.35 bits per heavy atom. The lowest BCUT2D eigenvalue weighted by Gasteiger charge is -2.27. The first-order chi connectivity index (χ1) is 15.9. The molecule has 8 nitrogen and oxygen atoms in total. The fraction of sp³-hybridized carbons (Fsp3) is 0.261. The first kappa shape index (κ1) is 26.1. The van der Waals surface area contributed by atoms with Crippen LogP contribution in [0.3, 0.4) is 0 Å². The molecule has 0 bridgehead atoms. The number of carboxylic acid groups (broad SMARTS) is 1. The lowest BCUT2D eigenvalue weighted by atomic mass is 10.1. The first-order valence-electron chi connectivity index (χ1n) is 10.1. The van der Waals surface area contributed by atoms with Crippen LogP contribution >= 0.6 is 0 Å². The highest BCUT2D eigenvalue weighted by Crippen LogP contribution is 2.35. The van der Waals surface area contributed by atoms with Gasteiger partial charge in [0.1, 0.15) is 12.4 Å². The Kier molecular flexibility index (Phi) is 8.50. The number of hydrogen-bond donors (Lipinski definition) is 5. The summed E-state index contributed by atoms with van der Waals surface area (Å²) in [5.41, 5.74) is 5.27. The van der Waals surface area contributed by atoms with Gasteiger partial charge in [-0.1, -0.05) is 11.8 Å². The van der Waals surface area contributed by atoms with Gasteiger partial charge < -0.3 is 21.5 Å². The Morgan fingerprint density at radius 2 is 1.82 bits per heavy atom. The van der Waals surface area contributed by atoms with Crippen LogP contribution in [-0.2, 0) is 11.0 Å². The zero-order valence-electron chi connectivity index (χ0n) is 18.5. The van der Waals surface area contributed by atoms with Crippen LogP contribution in [0.4, 0.5) is 29.3 Å². The maximum atomic E-state index is 13.7. The number of nitrogens with zero attached hydrogens (tertiary/aromatic N) is 1. The van der Waals surface area contributed by atoms with Gasteiger partial charge in [0.15, 0.2) is 0 Å². The second-order valence-corrected chi connectivity index (χ2v) is 7.39. The number of nitrogens with one attached hydrogen (secondary N) is 3. The molecular weight excluding hydrogens is 451 g/mol. The van der Waals surface area contributed by atoms with Crippen LogP contribution < -0.4 is 21.3 Å². The summed E-state index contributed by atoms with van der Waals surface area (Å²) in [6.45, 7) is 2.59. The molecule has 0 radical (unpaired) electrons. The minimum atomic E-state index is -4.73. The smallest absolute Gasteiger partial charge is 0.417 e. The normalized spacial score (nSPS) is 10.8. The molecule has 2 amide bonds. The number of halogens is 3. The number of aliphatic carboxylic acids is 1. The molecule has 6 N–H and O–H groups in total. The van der Waals surface area contributed by atoms with E-state index in [4.69, 9.17) is 16.2 Å². The minimum Gasteiger partial charge on any atom is -0.480 e. The molecule has 0 spiro atoms. The van der Waals surface area contributed by atoms with Gasteiger partial charge in [0, 0.05) is 28.5 Å². The molecule has 11 heteroatoms. The van der Waals surface area contributed by atoms with Crippen LogP contribution in [-0.4, -0.2) is 42.1 Å². The fourth-order valence-electron chi connectivity index (χ4n) is 2.97. The van der Waals surface area contributed by atoms with Crippen LogP contribution in [0.1, 0.15) is 30.5 Å². The quantitative estimate of drug-likeness (QED) is 0.238. The SMILES string of the molecule is CC(C)N(C(=O)NCC(=O)O)c1ccc(C#CCNc2ccc(C(=N)N)cc2)c(C(F)(F)F)c1. The van der Waals surface area contributed by atoms with Crippen molar-refractivity contribution in [1.82, 2.24) is 5.32 Å². The van der Waals surface area contributed by atoms with Crippen LogP contribution in [0.2, 0.25) is 0 Å². The Labute approximate surface area is 194 Å². The molecular formula is C23H24F3N5O3. The van der Waals surface area contributed by atoms with Crippen molar-refractivity contribution >= 4 is 29.2 Å². The molecule has 2 rings (SSSR count). The van der Waals surface area contributed by atoms with Crippen LogP contribution in [0.5, 0.6) is 0 Å². The van der Waals surface area contributed by atoms with Gasteiger partial charge in [0.25, 0.3) is 0 Å². The van der Waals surface area contributed by atoms with E-state index >= 15 is 0 Å². The monoisotopic (exact) mass is 475 g/mol. The number of carbonyl (C=O) groups excluding carboxylic acids is 1. The first-order valence-corrected chi connectivity index (χ1v) is 10.1. The summed E-state index contributed by atoms with van der Waals surface area (Å²) >= 11 is 0. The third kappa shape index (κ3) is 7.16. The van der Waals surface area contributed by atoms with E-state index in [1.54, 1.807) is 38.1 Å². The van der Waals surface area contributed by atoms with Crippen molar-refractivity contribution in [2.45, 2.75) is 26.1 Å². The highest BCUT2D eigenvalue weighted by Gasteiger charge is 2.34. The van der Waals surface area contributed by atoms with Crippen molar-refractivity contribution in [3.05, 3.63) is 59.2 Å². The number of rotatable bonds is 7. The Morgan fingerprint density at radius 1 is 1.18 bits per heavy atom. The number of hydrogen-bond acceptors (Lipinski definition) is 4. The molecule has 0 atom stereocenters. The van der Waals surface area contributed by atoms with E-state index in [1.165, 1.54) is 12.1 Å². The van der Waals surface area contributed by atoms with Crippen LogP contribution in [0.15, 0.2) is 42.5 Å². The average molecular weight is 475 g/mol. The van der Waals surface area contributed by atoms with Crippen molar-refractivity contribution in [3.63, 3.8) is 0 Å². The molecule has 0 aliphatic carbocycles. The highest BCUT2D eigenvalue weighted by atomic mass is 19.4. The molecule has 2 aromatic rings. The summed E-state index contributed by atoms with van der Waals surface area (Å²) in [4.78, 5) is 24.1. The number of benzene rings is 2. The molecule has 0 aromatic heterocycles. The number of carboxylic acids is 1. The summed E-state index contributed by atoms with van der Waals surface area (Å²) in [5, 5.41) is 21.2. The van der Waals surface area contributed by atoms with Gasteiger partial charge >= 0.3 is 18.2 Å². The minimum absolute atomic E-state index is 0.0422. The zero-order valence-corrected chi connectivity index (χ0v) is 18.5. The predicted octanol–water partition coefficient (Wildman–Crippen LogP) is 3.46. The summed E-state index contributed by atoms with van der Waals surface area (Å²) in [6.07, 6.45) is -4.73. The number of amides is 2. The Hall–Kier alpha value is -4.20. The maximum Gasteiger partial charge on any atom is 0.417 e. The zero-order chi connectivity index (χ0) is 25.5. The standard InChI is InChI=1S/C23H24F3N5O3/c1-14(2)31(22(34)30-13-20(32)33)18-10-7-15(19(12-18)23(24,25)26)4-3-11-29-17-8-5-16(6-9-17)21(27)28/h5-10,12,14,29H,11,13H2,1-2H3,(H3,27,28)(H,30,34)(H,32,33). The molecule has 0 unspecified atom stereocenters. The van der Waals surface area contributed by atoms with Crippen molar-refractivity contribution in [2.75, 3.05) is 23.3 Å². The third-order valence-electron chi connectivity index (χ3n) is 4.51. The third-order valence-corrected chi connectivity index (χ3v) is 4.51. The van der Waals surface area contributed by atoms with Crippen molar-refractivity contribution in [3.8, 4) is 11.8 Å². The number of alkyl halides is 3. The van der Waals surface area contributed by atoms with E-state index in [-0.39, 0.29) is 23.6 Å². The molecule has 34 heavy (non-hydrogen) atoms. The van der Waals surface area contributed by atoms with Gasteiger partial charge in [0.05, 0.1) is 12.1 Å². The van der Waals surface area contributed by atoms with E-state index in [0.29, 0.717) is 11.3 Å². The number of carbonyl (C=O) groups is 2. The van der Waals surface area contributed by atoms with E-state index in [1.807, 2.05) is 0 Å². The largest absolute Gasteiger partial charge is 0.480 e. The van der Waals surface area contributed by atoms with Crippen molar-refractivity contribution in [2.24, 2.45) is 5.73 Å². The number of nitrogens with two attached hydrogens (primary N) is 1. The van der Waals surface area contributed by atoms with Crippen LogP contribution in [0, 0.1) is 17.3 Å². The Balaban J connectivity index is 2.25. The molecule has 0 aliphatic heterocycles. The van der Waals surface area contributed by atoms with Gasteiger partial charge in [-0.25, -0.2) is 4.79 Å². The number of anilines is 2. The summed E-state index contributed by atoms with van der Waals surface area (Å²) in [5.74, 6) is 3.79. The number of nitrogen functional groups attached to an aromatic ring is 1.